The van der Waals surface area contributed by atoms with Crippen molar-refractivity contribution in [3.8, 4) is 0 Å². The molecule has 0 saturated carbocycles. The predicted octanol–water partition coefficient (Wildman–Crippen LogP) is 1.37. The van der Waals surface area contributed by atoms with E-state index in [1.807, 2.05) is 0 Å². The Kier molecular flexibility index (Phi) is 2.62. The third-order valence-corrected chi connectivity index (χ3v) is 2.40. The highest BCUT2D eigenvalue weighted by molar-refractivity contribution is 6.00. The molecule has 0 aromatic heterocycles. The molecule has 0 radical (unpaired) electrons. The van der Waals surface area contributed by atoms with Crippen molar-refractivity contribution >= 4 is 17.6 Å². The fraction of sp³-hybridized carbons (Fsp3) is 0.273. The van der Waals surface area contributed by atoms with Crippen molar-refractivity contribution in [3.63, 3.8) is 0 Å². The molecule has 1 aliphatic rings. The molecule has 0 atom stereocenters. The van der Waals surface area contributed by atoms with Gasteiger partial charge in [-0.3, -0.25) is 4.79 Å². The van der Waals surface area contributed by atoms with Gasteiger partial charge in [-0.1, -0.05) is 0 Å². The number of amides is 1. The first kappa shape index (κ1) is 10.6. The largest absolute Gasteiger partial charge is 0.478 e. The van der Waals surface area contributed by atoms with Gasteiger partial charge >= 0.3 is 5.97 Å². The number of anilines is 1. The van der Waals surface area contributed by atoms with E-state index in [2.05, 4.69) is 5.32 Å². The number of carboxylic acids is 1. The Hall–Kier alpha value is -1.88. The van der Waals surface area contributed by atoms with Gasteiger partial charge in [-0.05, 0) is 23.3 Å². The van der Waals surface area contributed by atoms with Crippen molar-refractivity contribution in [2.45, 2.75) is 20.1 Å². The highest BCUT2D eigenvalue weighted by Gasteiger charge is 2.18. The molecule has 1 heterocycles. The summed E-state index contributed by atoms with van der Waals surface area (Å²) in [7, 11) is 0. The Morgan fingerprint density at radius 2 is 1.94 bits per heavy atom. The zero-order valence-corrected chi connectivity index (χ0v) is 8.74. The normalized spacial score (nSPS) is 13.3. The minimum absolute atomic E-state index is 0.0967. The first-order valence-electron chi connectivity index (χ1n) is 4.82. The molecule has 0 unspecified atom stereocenters. The number of rotatable bonds is 2. The molecule has 0 bridgehead atoms. The Bertz CT molecular complexity index is 467. The third-order valence-electron chi connectivity index (χ3n) is 2.40. The van der Waals surface area contributed by atoms with Gasteiger partial charge in [-0.15, -0.1) is 0 Å². The second kappa shape index (κ2) is 3.94. The quantitative estimate of drug-likeness (QED) is 0.790. The second-order valence-electron chi connectivity index (χ2n) is 3.65. The number of aromatic carboxylic acids is 1. The van der Waals surface area contributed by atoms with E-state index in [1.165, 1.54) is 6.92 Å². The first-order chi connectivity index (χ1) is 7.58. The highest BCUT2D eigenvalue weighted by atomic mass is 16.5. The number of carbonyl (C=O) groups excluding carboxylic acids is 1. The molecule has 1 aromatic rings. The molecule has 0 saturated heterocycles. The summed E-state index contributed by atoms with van der Waals surface area (Å²) >= 11 is 0. The maximum Gasteiger partial charge on any atom is 0.337 e. The van der Waals surface area contributed by atoms with Crippen molar-refractivity contribution in [2.24, 2.45) is 0 Å². The minimum atomic E-state index is -1.06. The number of carbonyl (C=O) groups is 2. The van der Waals surface area contributed by atoms with Gasteiger partial charge in [-0.2, -0.15) is 0 Å². The van der Waals surface area contributed by atoms with Crippen LogP contribution in [-0.2, 0) is 22.7 Å². The molecule has 1 amide bonds. The lowest BCUT2D eigenvalue weighted by Gasteiger charge is -2.08. The van der Waals surface area contributed by atoms with E-state index in [4.69, 9.17) is 9.84 Å². The Morgan fingerprint density at radius 3 is 2.50 bits per heavy atom. The second-order valence-corrected chi connectivity index (χ2v) is 3.65. The van der Waals surface area contributed by atoms with Crippen LogP contribution in [0.25, 0.3) is 0 Å². The van der Waals surface area contributed by atoms with Gasteiger partial charge in [0.15, 0.2) is 0 Å². The number of carboxylic acid groups (broad SMARTS) is 1. The highest BCUT2D eigenvalue weighted by Crippen LogP contribution is 2.27. The van der Waals surface area contributed by atoms with Crippen molar-refractivity contribution in [2.75, 3.05) is 5.32 Å². The minimum Gasteiger partial charge on any atom is -0.478 e. The Labute approximate surface area is 92.0 Å². The predicted molar refractivity (Wildman–Crippen MR) is 56.2 cm³/mol. The molecule has 16 heavy (non-hydrogen) atoms. The zero-order valence-electron chi connectivity index (χ0n) is 8.74. The van der Waals surface area contributed by atoms with Gasteiger partial charge in [0.25, 0.3) is 0 Å². The van der Waals surface area contributed by atoms with Crippen LogP contribution in [-0.4, -0.2) is 17.0 Å². The summed E-state index contributed by atoms with van der Waals surface area (Å²) < 4.78 is 5.20. The van der Waals surface area contributed by atoms with E-state index in [9.17, 15) is 9.59 Å². The van der Waals surface area contributed by atoms with Crippen LogP contribution in [0.2, 0.25) is 0 Å². The first-order valence-corrected chi connectivity index (χ1v) is 4.82. The lowest BCUT2D eigenvalue weighted by atomic mass is 10.0. The van der Waals surface area contributed by atoms with Gasteiger partial charge in [0, 0.05) is 6.92 Å². The SMILES string of the molecule is CC(=O)Nc1cc2c(cc1C(=O)O)COC2. The lowest BCUT2D eigenvalue weighted by Crippen LogP contribution is -2.11. The van der Waals surface area contributed by atoms with Gasteiger partial charge < -0.3 is 15.2 Å². The average Bonchev–Trinajstić information content (AvgIpc) is 2.62. The molecule has 0 fully saturated rings. The fourth-order valence-corrected chi connectivity index (χ4v) is 1.70. The number of nitrogens with one attached hydrogen (secondary N) is 1. The molecular weight excluding hydrogens is 210 g/mol. The summed E-state index contributed by atoms with van der Waals surface area (Å²) in [4.78, 5) is 22.0. The summed E-state index contributed by atoms with van der Waals surface area (Å²) in [6.45, 7) is 2.23. The molecule has 0 spiro atoms. The molecule has 1 aliphatic heterocycles. The zero-order chi connectivity index (χ0) is 11.7. The fourth-order valence-electron chi connectivity index (χ4n) is 1.70. The molecule has 5 nitrogen and oxygen atoms in total. The van der Waals surface area contributed by atoms with Crippen LogP contribution < -0.4 is 5.32 Å². The lowest BCUT2D eigenvalue weighted by molar-refractivity contribution is -0.114. The number of hydrogen-bond donors (Lipinski definition) is 2. The van der Waals surface area contributed by atoms with Crippen LogP contribution in [0, 0.1) is 0 Å². The Balaban J connectivity index is 2.48. The van der Waals surface area contributed by atoms with Crippen LogP contribution in [0.1, 0.15) is 28.4 Å². The summed E-state index contributed by atoms with van der Waals surface area (Å²) in [5.41, 5.74) is 2.21. The molecule has 5 heteroatoms. The van der Waals surface area contributed by atoms with Gasteiger partial charge in [-0.25, -0.2) is 4.79 Å². The van der Waals surface area contributed by atoms with Crippen molar-refractivity contribution < 1.29 is 19.4 Å². The molecule has 84 valence electrons. The molecular formula is C11H11NO4. The van der Waals surface area contributed by atoms with Crippen LogP contribution in [0.15, 0.2) is 12.1 Å². The topological polar surface area (TPSA) is 75.6 Å². The summed E-state index contributed by atoms with van der Waals surface area (Å²) in [6.07, 6.45) is 0. The third kappa shape index (κ3) is 1.90. The standard InChI is InChI=1S/C11H11NO4/c1-6(13)12-10-3-8-5-16-4-7(8)2-9(10)11(14)15/h2-3H,4-5H2,1H3,(H,12,13)(H,14,15). The van der Waals surface area contributed by atoms with Gasteiger partial charge in [0.1, 0.15) is 0 Å². The van der Waals surface area contributed by atoms with E-state index in [0.29, 0.717) is 18.9 Å². The maximum absolute atomic E-state index is 11.0. The maximum atomic E-state index is 11.0. The van der Waals surface area contributed by atoms with Crippen molar-refractivity contribution in [1.29, 1.82) is 0 Å². The number of ether oxygens (including phenoxy) is 1. The number of benzene rings is 1. The number of hydrogen-bond acceptors (Lipinski definition) is 3. The molecule has 0 aliphatic carbocycles. The van der Waals surface area contributed by atoms with Gasteiger partial charge in [0.05, 0.1) is 24.5 Å². The smallest absolute Gasteiger partial charge is 0.337 e. The monoisotopic (exact) mass is 221 g/mol. The van der Waals surface area contributed by atoms with Crippen molar-refractivity contribution in [3.05, 3.63) is 28.8 Å². The van der Waals surface area contributed by atoms with E-state index in [0.717, 1.165) is 11.1 Å². The summed E-state index contributed by atoms with van der Waals surface area (Å²) in [5, 5.41) is 11.5. The summed E-state index contributed by atoms with van der Waals surface area (Å²) in [5.74, 6) is -1.35. The van der Waals surface area contributed by atoms with E-state index >= 15 is 0 Å². The van der Waals surface area contributed by atoms with Crippen LogP contribution >= 0.6 is 0 Å². The molecule has 1 aromatic carbocycles. The van der Waals surface area contributed by atoms with Crippen LogP contribution in [0.4, 0.5) is 5.69 Å². The van der Waals surface area contributed by atoms with E-state index in [1.54, 1.807) is 12.1 Å². The average molecular weight is 221 g/mol. The number of fused-ring (bicyclic) bond motifs is 1. The van der Waals surface area contributed by atoms with Crippen LogP contribution in [0.3, 0.4) is 0 Å². The summed E-state index contributed by atoms with van der Waals surface area (Å²) in [6, 6.07) is 3.21. The molecule has 2 N–H and O–H groups in total. The molecule has 2 rings (SSSR count). The van der Waals surface area contributed by atoms with E-state index < -0.39 is 5.97 Å². The Morgan fingerprint density at radius 1 is 1.31 bits per heavy atom. The van der Waals surface area contributed by atoms with Crippen molar-refractivity contribution in [1.82, 2.24) is 0 Å². The van der Waals surface area contributed by atoms with Crippen LogP contribution in [0.5, 0.6) is 0 Å². The van der Waals surface area contributed by atoms with Gasteiger partial charge in [0.2, 0.25) is 5.91 Å². The van der Waals surface area contributed by atoms with E-state index in [-0.39, 0.29) is 11.5 Å².